The lowest BCUT2D eigenvalue weighted by atomic mass is 10.2. The van der Waals surface area contributed by atoms with Gasteiger partial charge in [-0.1, -0.05) is 6.07 Å². The van der Waals surface area contributed by atoms with Gasteiger partial charge < -0.3 is 4.57 Å². The highest BCUT2D eigenvalue weighted by molar-refractivity contribution is 8.00. The van der Waals surface area contributed by atoms with Crippen LogP contribution in [0.2, 0.25) is 0 Å². The monoisotopic (exact) mass is 308 g/mol. The third kappa shape index (κ3) is 3.57. The fraction of sp³-hybridized carbons (Fsp3) is 0.417. The maximum atomic E-state index is 12.2. The standard InChI is InChI=1S/C12H12ClF3N2S/c1-8-2-3-9-10(6-8)18(11(7-13)17-9)4-5-19-12(14,15)16/h2-3,6H,4-5,7H2,1H3. The third-order valence-corrected chi connectivity index (χ3v) is 3.64. The first kappa shape index (κ1) is 14.5. The van der Waals surface area contributed by atoms with Crippen LogP contribution < -0.4 is 0 Å². The number of aromatic nitrogens is 2. The highest BCUT2D eigenvalue weighted by atomic mass is 35.5. The zero-order valence-electron chi connectivity index (χ0n) is 10.2. The fourth-order valence-electron chi connectivity index (χ4n) is 1.89. The Kier molecular flexibility index (Phi) is 4.30. The van der Waals surface area contributed by atoms with Crippen LogP contribution >= 0.6 is 23.4 Å². The van der Waals surface area contributed by atoms with E-state index in [2.05, 4.69) is 4.98 Å². The molecule has 0 aliphatic rings. The number of halogens is 4. The van der Waals surface area contributed by atoms with E-state index in [0.717, 1.165) is 16.6 Å². The minimum absolute atomic E-state index is 0.0279. The molecule has 0 radical (unpaired) electrons. The van der Waals surface area contributed by atoms with Crippen molar-refractivity contribution in [2.75, 3.05) is 5.75 Å². The number of benzene rings is 1. The minimum atomic E-state index is -4.20. The summed E-state index contributed by atoms with van der Waals surface area (Å²) in [6.45, 7) is 2.17. The molecule has 0 saturated heterocycles. The highest BCUT2D eigenvalue weighted by Crippen LogP contribution is 2.30. The topological polar surface area (TPSA) is 17.8 Å². The van der Waals surface area contributed by atoms with Crippen LogP contribution in [0.1, 0.15) is 11.4 Å². The average molecular weight is 309 g/mol. The molecule has 104 valence electrons. The van der Waals surface area contributed by atoms with Gasteiger partial charge in [0, 0.05) is 12.3 Å². The maximum Gasteiger partial charge on any atom is 0.441 e. The third-order valence-electron chi connectivity index (χ3n) is 2.68. The van der Waals surface area contributed by atoms with Gasteiger partial charge in [-0.25, -0.2) is 4.98 Å². The van der Waals surface area contributed by atoms with Crippen molar-refractivity contribution in [1.29, 1.82) is 0 Å². The van der Waals surface area contributed by atoms with Crippen molar-refractivity contribution in [2.24, 2.45) is 0 Å². The molecule has 0 aliphatic carbocycles. The fourth-order valence-corrected chi connectivity index (χ4v) is 2.60. The lowest BCUT2D eigenvalue weighted by Crippen LogP contribution is -2.09. The Morgan fingerprint density at radius 1 is 1.37 bits per heavy atom. The normalized spacial score (nSPS) is 12.3. The minimum Gasteiger partial charge on any atom is -0.326 e. The Hall–Kier alpha value is -0.880. The summed E-state index contributed by atoms with van der Waals surface area (Å²) in [5.74, 6) is 0.738. The molecule has 1 aromatic heterocycles. The lowest BCUT2D eigenvalue weighted by Gasteiger charge is -2.09. The second-order valence-corrected chi connectivity index (χ2v) is 5.53. The van der Waals surface area contributed by atoms with Crippen molar-refractivity contribution >= 4 is 34.4 Å². The molecular formula is C12H12ClF3N2S. The van der Waals surface area contributed by atoms with Gasteiger partial charge in [0.15, 0.2) is 0 Å². The number of fused-ring (bicyclic) bond motifs is 1. The number of hydrogen-bond acceptors (Lipinski definition) is 2. The summed E-state index contributed by atoms with van der Waals surface area (Å²) in [5.41, 5.74) is -1.57. The van der Waals surface area contributed by atoms with Gasteiger partial charge in [-0.05, 0) is 36.4 Å². The first-order chi connectivity index (χ1) is 8.90. The highest BCUT2D eigenvalue weighted by Gasteiger charge is 2.27. The number of imidazole rings is 1. The molecule has 2 nitrogen and oxygen atoms in total. The number of rotatable bonds is 4. The number of nitrogens with zero attached hydrogens (tertiary/aromatic N) is 2. The van der Waals surface area contributed by atoms with E-state index >= 15 is 0 Å². The Bertz CT molecular complexity index is 580. The maximum absolute atomic E-state index is 12.2. The zero-order valence-corrected chi connectivity index (χ0v) is 11.7. The van der Waals surface area contributed by atoms with Crippen LogP contribution in [0, 0.1) is 6.92 Å². The molecule has 0 fully saturated rings. The zero-order chi connectivity index (χ0) is 14.0. The van der Waals surface area contributed by atoms with Crippen LogP contribution in [0.25, 0.3) is 11.0 Å². The molecule has 1 heterocycles. The molecule has 0 atom stereocenters. The molecule has 2 rings (SSSR count). The van der Waals surface area contributed by atoms with E-state index < -0.39 is 5.51 Å². The molecule has 0 spiro atoms. The van der Waals surface area contributed by atoms with E-state index in [1.54, 1.807) is 4.57 Å². The van der Waals surface area contributed by atoms with Crippen molar-refractivity contribution in [3.63, 3.8) is 0 Å². The van der Waals surface area contributed by atoms with E-state index in [1.807, 2.05) is 25.1 Å². The van der Waals surface area contributed by atoms with Crippen molar-refractivity contribution in [3.05, 3.63) is 29.6 Å². The van der Waals surface area contributed by atoms with Crippen molar-refractivity contribution in [1.82, 2.24) is 9.55 Å². The molecule has 2 aromatic rings. The Balaban J connectivity index is 2.27. The van der Waals surface area contributed by atoms with E-state index in [1.165, 1.54) is 0 Å². The van der Waals surface area contributed by atoms with Crippen LogP contribution in [-0.2, 0) is 12.4 Å². The summed E-state index contributed by atoms with van der Waals surface area (Å²) >= 11 is 5.77. The van der Waals surface area contributed by atoms with Crippen molar-refractivity contribution < 1.29 is 13.2 Å². The predicted molar refractivity (Wildman–Crippen MR) is 72.5 cm³/mol. The van der Waals surface area contributed by atoms with E-state index in [9.17, 15) is 13.2 Å². The molecule has 0 unspecified atom stereocenters. The number of aryl methyl sites for hydroxylation is 2. The summed E-state index contributed by atoms with van der Waals surface area (Å²) in [6.07, 6.45) is 0. The number of alkyl halides is 4. The average Bonchev–Trinajstić information content (AvgIpc) is 2.65. The molecule has 1 aromatic carbocycles. The molecule has 0 amide bonds. The molecule has 7 heteroatoms. The largest absolute Gasteiger partial charge is 0.441 e. The van der Waals surface area contributed by atoms with E-state index in [4.69, 9.17) is 11.6 Å². The quantitative estimate of drug-likeness (QED) is 0.782. The Morgan fingerprint density at radius 2 is 2.11 bits per heavy atom. The van der Waals surface area contributed by atoms with E-state index in [-0.39, 0.29) is 29.9 Å². The summed E-state index contributed by atoms with van der Waals surface area (Å²) in [4.78, 5) is 4.33. The van der Waals surface area contributed by atoms with Crippen LogP contribution in [0.15, 0.2) is 18.2 Å². The van der Waals surface area contributed by atoms with Gasteiger partial charge in [0.05, 0.1) is 16.9 Å². The van der Waals surface area contributed by atoms with Crippen LogP contribution in [0.4, 0.5) is 13.2 Å². The first-order valence-corrected chi connectivity index (χ1v) is 7.15. The van der Waals surface area contributed by atoms with Gasteiger partial charge >= 0.3 is 5.51 Å². The van der Waals surface area contributed by atoms with Gasteiger partial charge in [0.2, 0.25) is 0 Å². The molecule has 0 N–H and O–H groups in total. The molecule has 19 heavy (non-hydrogen) atoms. The van der Waals surface area contributed by atoms with E-state index in [0.29, 0.717) is 5.82 Å². The summed E-state index contributed by atoms with van der Waals surface area (Å²) in [5, 5.41) is 0. The van der Waals surface area contributed by atoms with Crippen molar-refractivity contribution in [3.8, 4) is 0 Å². The Labute approximate surface area is 117 Å². The second kappa shape index (κ2) is 5.63. The van der Waals surface area contributed by atoms with Gasteiger partial charge in [-0.3, -0.25) is 0 Å². The SMILES string of the molecule is Cc1ccc2nc(CCl)n(CCSC(F)(F)F)c2c1. The summed E-state index contributed by atoms with van der Waals surface area (Å²) < 4.78 is 38.2. The Morgan fingerprint density at radius 3 is 2.74 bits per heavy atom. The molecule has 0 saturated carbocycles. The predicted octanol–water partition coefficient (Wildman–Crippen LogP) is 4.34. The van der Waals surface area contributed by atoms with Crippen LogP contribution in [0.3, 0.4) is 0 Å². The second-order valence-electron chi connectivity index (χ2n) is 4.10. The van der Waals surface area contributed by atoms with Crippen LogP contribution in [0.5, 0.6) is 0 Å². The lowest BCUT2D eigenvalue weighted by molar-refractivity contribution is -0.0328. The van der Waals surface area contributed by atoms with Crippen molar-refractivity contribution in [2.45, 2.75) is 24.9 Å². The summed E-state index contributed by atoms with van der Waals surface area (Å²) in [7, 11) is 0. The van der Waals surface area contributed by atoms with Gasteiger partial charge in [-0.15, -0.1) is 11.6 Å². The first-order valence-electron chi connectivity index (χ1n) is 5.63. The van der Waals surface area contributed by atoms with Crippen LogP contribution in [-0.4, -0.2) is 20.8 Å². The molecule has 0 bridgehead atoms. The molecular weight excluding hydrogens is 297 g/mol. The smallest absolute Gasteiger partial charge is 0.326 e. The van der Waals surface area contributed by atoms with Gasteiger partial charge in [-0.2, -0.15) is 13.2 Å². The number of thioether (sulfide) groups is 1. The molecule has 0 aliphatic heterocycles. The number of hydrogen-bond donors (Lipinski definition) is 0. The summed E-state index contributed by atoms with van der Waals surface area (Å²) in [6, 6.07) is 5.69. The van der Waals surface area contributed by atoms with Gasteiger partial charge in [0.1, 0.15) is 5.82 Å². The van der Waals surface area contributed by atoms with Gasteiger partial charge in [0.25, 0.3) is 0 Å².